The van der Waals surface area contributed by atoms with Gasteiger partial charge in [0, 0.05) is 18.2 Å². The van der Waals surface area contributed by atoms with E-state index in [1.54, 1.807) is 13.2 Å². The lowest BCUT2D eigenvalue weighted by molar-refractivity contribution is 0.0939. The molecule has 1 saturated heterocycles. The maximum absolute atomic E-state index is 12.3. The third-order valence-corrected chi connectivity index (χ3v) is 4.42. The first-order valence-electron chi connectivity index (χ1n) is 8.12. The summed E-state index contributed by atoms with van der Waals surface area (Å²) in [5.41, 5.74) is 0.613. The fourth-order valence-corrected chi connectivity index (χ4v) is 3.14. The molecule has 1 amide bonds. The molecule has 1 atom stereocenters. The van der Waals surface area contributed by atoms with Crippen molar-refractivity contribution in [2.75, 3.05) is 20.2 Å². The maximum Gasteiger partial charge on any atom is 0.251 e. The zero-order valence-corrected chi connectivity index (χ0v) is 14.3. The summed E-state index contributed by atoms with van der Waals surface area (Å²) in [6, 6.07) is 5.64. The average Bonchev–Trinajstić information content (AvgIpc) is 3.21. The molecule has 0 aromatic heterocycles. The Morgan fingerprint density at radius 2 is 2.00 bits per heavy atom. The minimum Gasteiger partial charge on any atom is -0.493 e. The number of hydrogen-bond donors (Lipinski definition) is 2. The van der Waals surface area contributed by atoms with Crippen LogP contribution in [0.15, 0.2) is 18.2 Å². The van der Waals surface area contributed by atoms with Crippen LogP contribution < -0.4 is 20.1 Å². The normalized spacial score (nSPS) is 20.8. The Morgan fingerprint density at radius 1 is 1.22 bits per heavy atom. The first kappa shape index (κ1) is 17.9. The fourth-order valence-electron chi connectivity index (χ4n) is 3.14. The van der Waals surface area contributed by atoms with E-state index in [1.807, 2.05) is 12.1 Å². The lowest BCUT2D eigenvalue weighted by Gasteiger charge is -2.17. The van der Waals surface area contributed by atoms with Gasteiger partial charge >= 0.3 is 0 Å². The van der Waals surface area contributed by atoms with E-state index in [0.29, 0.717) is 11.3 Å². The highest BCUT2D eigenvalue weighted by Gasteiger charge is 2.21. The standard InChI is InChI=1S/C17H24N2O3.ClH/c1-21-16-10-12(17(20)19-13-8-9-18-11-13)6-7-15(16)22-14-4-2-3-5-14;/h6-7,10,13-14,18H,2-5,8-9,11H2,1H3,(H,19,20);1H. The predicted molar refractivity (Wildman–Crippen MR) is 91.9 cm³/mol. The summed E-state index contributed by atoms with van der Waals surface area (Å²) < 4.78 is 11.4. The predicted octanol–water partition coefficient (Wildman–Crippen LogP) is 2.53. The Labute approximate surface area is 143 Å². The zero-order valence-electron chi connectivity index (χ0n) is 13.5. The summed E-state index contributed by atoms with van der Waals surface area (Å²) in [7, 11) is 1.61. The van der Waals surface area contributed by atoms with Crippen molar-refractivity contribution in [1.82, 2.24) is 10.6 Å². The van der Waals surface area contributed by atoms with Gasteiger partial charge in [-0.1, -0.05) is 0 Å². The molecule has 0 spiro atoms. The van der Waals surface area contributed by atoms with Gasteiger partial charge in [-0.25, -0.2) is 0 Å². The van der Waals surface area contributed by atoms with Gasteiger partial charge in [-0.3, -0.25) is 4.79 Å². The third kappa shape index (κ3) is 4.52. The van der Waals surface area contributed by atoms with Crippen molar-refractivity contribution in [3.05, 3.63) is 23.8 Å². The fraction of sp³-hybridized carbons (Fsp3) is 0.588. The summed E-state index contributed by atoms with van der Waals surface area (Å²) >= 11 is 0. The first-order chi connectivity index (χ1) is 10.8. The van der Waals surface area contributed by atoms with Crippen molar-refractivity contribution < 1.29 is 14.3 Å². The molecule has 1 unspecified atom stereocenters. The van der Waals surface area contributed by atoms with E-state index in [4.69, 9.17) is 9.47 Å². The Kier molecular flexibility index (Phi) is 6.54. The molecule has 0 bridgehead atoms. The Balaban J connectivity index is 0.00000192. The van der Waals surface area contributed by atoms with Gasteiger partial charge in [-0.15, -0.1) is 12.4 Å². The number of rotatable bonds is 5. The number of halogens is 1. The van der Waals surface area contributed by atoms with Crippen molar-refractivity contribution >= 4 is 18.3 Å². The van der Waals surface area contributed by atoms with Crippen LogP contribution >= 0.6 is 12.4 Å². The van der Waals surface area contributed by atoms with Crippen LogP contribution in [-0.4, -0.2) is 38.3 Å². The molecule has 6 heteroatoms. The molecule has 1 aromatic rings. The smallest absolute Gasteiger partial charge is 0.251 e. The van der Waals surface area contributed by atoms with Crippen LogP contribution in [0.1, 0.15) is 42.5 Å². The molecule has 2 N–H and O–H groups in total. The summed E-state index contributed by atoms with van der Waals surface area (Å²) in [6.45, 7) is 1.80. The molecular formula is C17H25ClN2O3. The van der Waals surface area contributed by atoms with Crippen molar-refractivity contribution in [1.29, 1.82) is 0 Å². The number of nitrogens with one attached hydrogen (secondary N) is 2. The van der Waals surface area contributed by atoms with Crippen LogP contribution in [0.25, 0.3) is 0 Å². The molecule has 2 aliphatic rings. The molecule has 1 aromatic carbocycles. The van der Waals surface area contributed by atoms with E-state index in [0.717, 1.165) is 38.1 Å². The van der Waals surface area contributed by atoms with Gasteiger partial charge in [0.1, 0.15) is 0 Å². The highest BCUT2D eigenvalue weighted by molar-refractivity contribution is 5.95. The molecule has 1 aliphatic carbocycles. The highest BCUT2D eigenvalue weighted by Crippen LogP contribution is 2.32. The van der Waals surface area contributed by atoms with Crippen molar-refractivity contribution in [3.63, 3.8) is 0 Å². The van der Waals surface area contributed by atoms with Crippen LogP contribution in [0.4, 0.5) is 0 Å². The van der Waals surface area contributed by atoms with E-state index >= 15 is 0 Å². The van der Waals surface area contributed by atoms with Crippen molar-refractivity contribution in [2.45, 2.75) is 44.2 Å². The summed E-state index contributed by atoms with van der Waals surface area (Å²) in [5, 5.41) is 6.28. The minimum absolute atomic E-state index is 0. The van der Waals surface area contributed by atoms with Crippen LogP contribution in [0.3, 0.4) is 0 Å². The van der Waals surface area contributed by atoms with Gasteiger partial charge in [0.2, 0.25) is 0 Å². The number of hydrogen-bond acceptors (Lipinski definition) is 4. The Hall–Kier alpha value is -1.46. The van der Waals surface area contributed by atoms with Crippen LogP contribution in [0.5, 0.6) is 11.5 Å². The monoisotopic (exact) mass is 340 g/mol. The number of carbonyl (C=O) groups is 1. The summed E-state index contributed by atoms with van der Waals surface area (Å²) in [6.07, 6.45) is 5.90. The van der Waals surface area contributed by atoms with Gasteiger partial charge in [0.05, 0.1) is 13.2 Å². The lowest BCUT2D eigenvalue weighted by atomic mass is 10.1. The van der Waals surface area contributed by atoms with E-state index in [-0.39, 0.29) is 30.5 Å². The van der Waals surface area contributed by atoms with Gasteiger partial charge in [-0.05, 0) is 56.8 Å². The van der Waals surface area contributed by atoms with E-state index < -0.39 is 0 Å². The summed E-state index contributed by atoms with van der Waals surface area (Å²) in [5.74, 6) is 1.30. The summed E-state index contributed by atoms with van der Waals surface area (Å²) in [4.78, 5) is 12.3. The van der Waals surface area contributed by atoms with Gasteiger partial charge in [0.15, 0.2) is 11.5 Å². The molecule has 1 saturated carbocycles. The SMILES string of the molecule is COc1cc(C(=O)NC2CCNC2)ccc1OC1CCCC1.Cl. The molecule has 23 heavy (non-hydrogen) atoms. The number of ether oxygens (including phenoxy) is 2. The van der Waals surface area contributed by atoms with Crippen LogP contribution in [0, 0.1) is 0 Å². The molecule has 3 rings (SSSR count). The zero-order chi connectivity index (χ0) is 15.4. The Morgan fingerprint density at radius 3 is 2.65 bits per heavy atom. The van der Waals surface area contributed by atoms with Crippen LogP contribution in [0.2, 0.25) is 0 Å². The van der Waals surface area contributed by atoms with E-state index in [2.05, 4.69) is 10.6 Å². The van der Waals surface area contributed by atoms with Crippen molar-refractivity contribution in [2.24, 2.45) is 0 Å². The lowest BCUT2D eigenvalue weighted by Crippen LogP contribution is -2.36. The second-order valence-electron chi connectivity index (χ2n) is 6.05. The highest BCUT2D eigenvalue weighted by atomic mass is 35.5. The molecule has 1 heterocycles. The second-order valence-corrected chi connectivity index (χ2v) is 6.05. The number of methoxy groups -OCH3 is 1. The molecule has 128 valence electrons. The number of carbonyl (C=O) groups excluding carboxylic acids is 1. The number of amides is 1. The second kappa shape index (κ2) is 8.41. The molecule has 0 radical (unpaired) electrons. The molecular weight excluding hydrogens is 316 g/mol. The minimum atomic E-state index is -0.0561. The largest absolute Gasteiger partial charge is 0.493 e. The first-order valence-corrected chi connectivity index (χ1v) is 8.12. The Bertz CT molecular complexity index is 527. The van der Waals surface area contributed by atoms with Crippen molar-refractivity contribution in [3.8, 4) is 11.5 Å². The average molecular weight is 341 g/mol. The number of benzene rings is 1. The topological polar surface area (TPSA) is 59.6 Å². The van der Waals surface area contributed by atoms with Gasteiger partial charge in [0.25, 0.3) is 5.91 Å². The quantitative estimate of drug-likeness (QED) is 0.864. The third-order valence-electron chi connectivity index (χ3n) is 4.42. The van der Waals surface area contributed by atoms with E-state index in [9.17, 15) is 4.79 Å². The molecule has 2 fully saturated rings. The maximum atomic E-state index is 12.3. The van der Waals surface area contributed by atoms with E-state index in [1.165, 1.54) is 12.8 Å². The molecule has 5 nitrogen and oxygen atoms in total. The van der Waals surface area contributed by atoms with Gasteiger partial charge < -0.3 is 20.1 Å². The molecule has 1 aliphatic heterocycles. The van der Waals surface area contributed by atoms with Gasteiger partial charge in [-0.2, -0.15) is 0 Å². The van der Waals surface area contributed by atoms with Crippen LogP contribution in [-0.2, 0) is 0 Å².